The summed E-state index contributed by atoms with van der Waals surface area (Å²) in [6.45, 7) is 0.649. The molecule has 7 nitrogen and oxygen atoms in total. The second-order valence-corrected chi connectivity index (χ2v) is 12.1. The number of halogens is 4. The number of carboxylic acid groups (broad SMARTS) is 1. The fourth-order valence-corrected chi connectivity index (χ4v) is 3.93. The van der Waals surface area contributed by atoms with Crippen LogP contribution >= 0.6 is 0 Å². The van der Waals surface area contributed by atoms with E-state index in [4.69, 9.17) is 22.9 Å². The second-order valence-electron chi connectivity index (χ2n) is 10.7. The van der Waals surface area contributed by atoms with E-state index in [2.05, 4.69) is 150 Å². The van der Waals surface area contributed by atoms with Gasteiger partial charge in [0.1, 0.15) is 31.1 Å². The van der Waals surface area contributed by atoms with Crippen LogP contribution in [0, 0.1) is 0 Å². The van der Waals surface area contributed by atoms with Gasteiger partial charge in [-0.05, 0) is 24.3 Å². The normalized spacial score (nSPS) is 11.4. The Hall–Kier alpha value is -4.10. The minimum atomic E-state index is -6.09. The summed E-state index contributed by atoms with van der Waals surface area (Å²) >= 11 is 0. The van der Waals surface area contributed by atoms with Crippen molar-refractivity contribution >= 4 is 27.5 Å². The van der Waals surface area contributed by atoms with Gasteiger partial charge in [0.15, 0.2) is 10.1 Å². The Morgan fingerprint density at radius 3 is 1.04 bits per heavy atom. The van der Waals surface area contributed by atoms with Crippen molar-refractivity contribution in [2.24, 2.45) is 0 Å². The SMILES string of the molecule is C[N+](C)(Cc1ccccc1)c1ccccc1.C[N+](C)(Cc1ccccc1)c1ccccc1.O=C([O-])CF.O=S(=O)([O-])C(F)(F)F. The molecule has 4 aromatic carbocycles. The molecule has 0 bridgehead atoms. The lowest BCUT2D eigenvalue weighted by atomic mass is 10.2. The van der Waals surface area contributed by atoms with Gasteiger partial charge in [-0.1, -0.05) is 97.1 Å². The van der Waals surface area contributed by atoms with Crippen molar-refractivity contribution in [3.63, 3.8) is 0 Å². The Kier molecular flexibility index (Phi) is 15.6. The summed E-state index contributed by atoms with van der Waals surface area (Å²) < 4.78 is 71.1. The van der Waals surface area contributed by atoms with Crippen LogP contribution in [-0.4, -0.2) is 59.3 Å². The van der Waals surface area contributed by atoms with E-state index in [1.54, 1.807) is 0 Å². The molecule has 0 amide bonds. The van der Waals surface area contributed by atoms with Gasteiger partial charge in [0.05, 0.1) is 34.2 Å². The van der Waals surface area contributed by atoms with E-state index in [1.807, 2.05) is 0 Å². The number of carbonyl (C=O) groups is 1. The van der Waals surface area contributed by atoms with Gasteiger partial charge in [0.25, 0.3) is 0 Å². The molecule has 0 saturated heterocycles. The summed E-state index contributed by atoms with van der Waals surface area (Å²) in [5, 5.41) is 8.88. The van der Waals surface area contributed by atoms with Crippen molar-refractivity contribution in [1.29, 1.82) is 0 Å². The van der Waals surface area contributed by atoms with Crippen LogP contribution in [0.1, 0.15) is 11.1 Å². The molecule has 0 aliphatic rings. The van der Waals surface area contributed by atoms with Crippen molar-refractivity contribution in [1.82, 2.24) is 8.97 Å². The number of hydrogen-bond donors (Lipinski definition) is 0. The second kappa shape index (κ2) is 18.0. The number of carbonyl (C=O) groups excluding carboxylic acids is 1. The van der Waals surface area contributed by atoms with Crippen molar-refractivity contribution in [2.45, 2.75) is 18.6 Å². The van der Waals surface area contributed by atoms with Gasteiger partial charge < -0.3 is 14.5 Å². The Balaban J connectivity index is 0.000000329. The zero-order valence-electron chi connectivity index (χ0n) is 25.5. The summed E-state index contributed by atoms with van der Waals surface area (Å²) in [5.41, 5.74) is -0.224. The molecule has 0 radical (unpaired) electrons. The summed E-state index contributed by atoms with van der Waals surface area (Å²) in [6, 6.07) is 42.5. The van der Waals surface area contributed by atoms with E-state index in [-0.39, 0.29) is 0 Å². The summed E-state index contributed by atoms with van der Waals surface area (Å²) in [6.07, 6.45) is 0. The highest BCUT2D eigenvalue weighted by molar-refractivity contribution is 7.86. The van der Waals surface area contributed by atoms with Crippen LogP contribution in [0.2, 0.25) is 0 Å². The van der Waals surface area contributed by atoms with Crippen LogP contribution in [-0.2, 0) is 28.0 Å². The zero-order chi connectivity index (χ0) is 34.2. The van der Waals surface area contributed by atoms with E-state index in [0.29, 0.717) is 0 Å². The third-order valence-corrected chi connectivity index (χ3v) is 6.71. The van der Waals surface area contributed by atoms with Gasteiger partial charge in [0, 0.05) is 11.1 Å². The van der Waals surface area contributed by atoms with E-state index in [9.17, 15) is 17.6 Å². The molecule has 0 spiro atoms. The number of quaternary nitrogens is 2. The first-order valence-corrected chi connectivity index (χ1v) is 14.9. The number of rotatable bonds is 7. The molecule has 0 atom stereocenters. The van der Waals surface area contributed by atoms with Gasteiger partial charge in [-0.25, -0.2) is 12.8 Å². The highest BCUT2D eigenvalue weighted by Crippen LogP contribution is 2.22. The minimum absolute atomic E-state index is 0.880. The fourth-order valence-electron chi connectivity index (χ4n) is 3.93. The average molecular weight is 651 g/mol. The maximum atomic E-state index is 10.7. The Morgan fingerprint density at radius 2 is 0.844 bits per heavy atom. The third kappa shape index (κ3) is 15.5. The Morgan fingerprint density at radius 1 is 0.622 bits per heavy atom. The number of benzene rings is 4. The largest absolute Gasteiger partial charge is 0.741 e. The Labute approximate surface area is 262 Å². The standard InChI is InChI=1S/2C15H18N.C2H3FO2.CHF3O3S/c2*1-16(2,15-11-7-4-8-12-15)13-14-9-5-3-6-10-14;3-1-2(4)5;2-1(3,4)8(5,6)7/h2*3-12H,13H2,1-2H3;1H2,(H,4,5);(H,5,6,7)/q2*+1;;/p-2. The molecule has 0 saturated carbocycles. The molecular formula is C33H38F4N2O5S. The summed E-state index contributed by atoms with van der Waals surface area (Å²) in [5.74, 6) is -1.66. The Bertz CT molecular complexity index is 1420. The molecule has 0 unspecified atom stereocenters. The summed E-state index contributed by atoms with van der Waals surface area (Å²) in [7, 11) is 2.86. The minimum Gasteiger partial charge on any atom is -0.741 e. The zero-order valence-corrected chi connectivity index (χ0v) is 26.3. The van der Waals surface area contributed by atoms with Crippen LogP contribution in [0.25, 0.3) is 0 Å². The number of aliphatic carboxylic acids is 1. The number of hydrogen-bond acceptors (Lipinski definition) is 5. The summed E-state index contributed by atoms with van der Waals surface area (Å²) in [4.78, 5) is 8.88. The van der Waals surface area contributed by atoms with Crippen molar-refractivity contribution in [3.8, 4) is 0 Å². The first-order chi connectivity index (χ1) is 20.9. The van der Waals surface area contributed by atoms with Crippen molar-refractivity contribution in [2.75, 3.05) is 34.9 Å². The maximum Gasteiger partial charge on any atom is 0.485 e. The molecule has 0 N–H and O–H groups in total. The van der Waals surface area contributed by atoms with E-state index in [1.165, 1.54) is 22.5 Å². The molecule has 0 aliphatic carbocycles. The van der Waals surface area contributed by atoms with Gasteiger partial charge in [0.2, 0.25) is 0 Å². The molecule has 0 fully saturated rings. The van der Waals surface area contributed by atoms with Gasteiger partial charge in [-0.15, -0.1) is 0 Å². The lowest BCUT2D eigenvalue weighted by Gasteiger charge is -2.29. The number of alkyl halides is 4. The molecule has 244 valence electrons. The first kappa shape index (κ1) is 38.9. The predicted octanol–water partition coefficient (Wildman–Crippen LogP) is 5.66. The molecule has 4 aromatic rings. The highest BCUT2D eigenvalue weighted by Gasteiger charge is 2.36. The lowest BCUT2D eigenvalue weighted by Crippen LogP contribution is -2.39. The molecule has 0 aliphatic heterocycles. The van der Waals surface area contributed by atoms with Crippen molar-refractivity contribution in [3.05, 3.63) is 132 Å². The molecule has 4 rings (SSSR count). The number of nitrogens with zero attached hydrogens (tertiary/aromatic N) is 2. The monoisotopic (exact) mass is 650 g/mol. The highest BCUT2D eigenvalue weighted by atomic mass is 32.2. The smallest absolute Gasteiger partial charge is 0.485 e. The molecular weight excluding hydrogens is 612 g/mol. The van der Waals surface area contributed by atoms with Gasteiger partial charge in [-0.3, -0.25) is 8.97 Å². The van der Waals surface area contributed by atoms with E-state index >= 15 is 0 Å². The van der Waals surface area contributed by atoms with Crippen LogP contribution < -0.4 is 14.1 Å². The lowest BCUT2D eigenvalue weighted by molar-refractivity contribution is -0.306. The maximum absolute atomic E-state index is 10.7. The van der Waals surface area contributed by atoms with Crippen LogP contribution in [0.5, 0.6) is 0 Å². The number of para-hydroxylation sites is 2. The van der Waals surface area contributed by atoms with Crippen LogP contribution in [0.4, 0.5) is 28.9 Å². The van der Waals surface area contributed by atoms with Crippen LogP contribution in [0.15, 0.2) is 121 Å². The quantitative estimate of drug-likeness (QED) is 0.111. The molecule has 12 heteroatoms. The van der Waals surface area contributed by atoms with Gasteiger partial charge >= 0.3 is 5.51 Å². The molecule has 0 aromatic heterocycles. The van der Waals surface area contributed by atoms with E-state index < -0.39 is 28.3 Å². The topological polar surface area (TPSA) is 97.3 Å². The molecule has 0 heterocycles. The molecule has 45 heavy (non-hydrogen) atoms. The van der Waals surface area contributed by atoms with E-state index in [0.717, 1.165) is 22.1 Å². The van der Waals surface area contributed by atoms with Crippen LogP contribution in [0.3, 0.4) is 0 Å². The third-order valence-electron chi connectivity index (χ3n) is 6.14. The van der Waals surface area contributed by atoms with Crippen molar-refractivity contribution < 1.29 is 40.4 Å². The average Bonchev–Trinajstić information content (AvgIpc) is 2.99. The predicted molar refractivity (Wildman–Crippen MR) is 167 cm³/mol. The van der Waals surface area contributed by atoms with Gasteiger partial charge in [-0.2, -0.15) is 13.2 Å². The first-order valence-electron chi connectivity index (χ1n) is 13.5. The number of carboxylic acids is 1. The fraction of sp³-hybridized carbons (Fsp3) is 0.242.